The van der Waals surface area contributed by atoms with Crippen LogP contribution in [0.5, 0.6) is 0 Å². The van der Waals surface area contributed by atoms with E-state index in [0.717, 1.165) is 30.6 Å². The molecule has 24 heavy (non-hydrogen) atoms. The van der Waals surface area contributed by atoms with Gasteiger partial charge in [-0.25, -0.2) is 0 Å². The van der Waals surface area contributed by atoms with Crippen molar-refractivity contribution < 1.29 is 9.53 Å². The first-order valence-corrected chi connectivity index (χ1v) is 8.49. The van der Waals surface area contributed by atoms with E-state index in [1.54, 1.807) is 6.08 Å². The lowest BCUT2D eigenvalue weighted by atomic mass is 10.1. The maximum atomic E-state index is 12.7. The van der Waals surface area contributed by atoms with Gasteiger partial charge in [-0.15, -0.1) is 0 Å². The van der Waals surface area contributed by atoms with Gasteiger partial charge in [-0.1, -0.05) is 60.7 Å². The molecule has 1 saturated heterocycles. The summed E-state index contributed by atoms with van der Waals surface area (Å²) < 4.78 is 5.72. The molecule has 1 aliphatic rings. The van der Waals surface area contributed by atoms with Gasteiger partial charge in [-0.05, 0) is 30.0 Å². The van der Waals surface area contributed by atoms with E-state index in [0.29, 0.717) is 13.1 Å². The number of rotatable bonds is 6. The minimum absolute atomic E-state index is 0.0261. The molecule has 0 saturated carbocycles. The van der Waals surface area contributed by atoms with E-state index in [1.165, 1.54) is 0 Å². The molecular formula is C21H23NO2. The average Bonchev–Trinajstić information content (AvgIpc) is 3.14. The number of ether oxygens (including phenoxy) is 1. The van der Waals surface area contributed by atoms with Crippen molar-refractivity contribution in [1.82, 2.24) is 4.90 Å². The lowest BCUT2D eigenvalue weighted by Gasteiger charge is -2.24. The van der Waals surface area contributed by atoms with Crippen molar-refractivity contribution in [1.29, 1.82) is 0 Å². The van der Waals surface area contributed by atoms with Gasteiger partial charge in [0.25, 0.3) is 0 Å². The first-order valence-electron chi connectivity index (χ1n) is 8.49. The molecule has 1 heterocycles. The molecule has 0 aliphatic carbocycles. The number of carbonyl (C=O) groups excluding carboxylic acids is 1. The highest BCUT2D eigenvalue weighted by molar-refractivity contribution is 5.91. The number of benzene rings is 2. The molecule has 0 bridgehead atoms. The van der Waals surface area contributed by atoms with Gasteiger partial charge in [0.2, 0.25) is 5.91 Å². The molecule has 3 rings (SSSR count). The first-order chi connectivity index (χ1) is 11.8. The zero-order valence-corrected chi connectivity index (χ0v) is 13.8. The molecule has 2 aromatic carbocycles. The van der Waals surface area contributed by atoms with Crippen LogP contribution in [-0.2, 0) is 16.1 Å². The van der Waals surface area contributed by atoms with Gasteiger partial charge in [0.1, 0.15) is 0 Å². The minimum atomic E-state index is 0.0261. The smallest absolute Gasteiger partial charge is 0.246 e. The summed E-state index contributed by atoms with van der Waals surface area (Å²) in [5.74, 6) is 0.0261. The summed E-state index contributed by atoms with van der Waals surface area (Å²) in [5.41, 5.74) is 2.17. The Morgan fingerprint density at radius 3 is 2.46 bits per heavy atom. The molecule has 1 atom stereocenters. The molecule has 0 N–H and O–H groups in total. The summed E-state index contributed by atoms with van der Waals surface area (Å²) in [4.78, 5) is 14.6. The first kappa shape index (κ1) is 16.5. The number of hydrogen-bond acceptors (Lipinski definition) is 2. The Balaban J connectivity index is 1.70. The number of carbonyl (C=O) groups is 1. The lowest BCUT2D eigenvalue weighted by molar-refractivity contribution is -0.128. The van der Waals surface area contributed by atoms with Crippen LogP contribution in [0.3, 0.4) is 0 Å². The van der Waals surface area contributed by atoms with Gasteiger partial charge in [0.05, 0.1) is 6.10 Å². The van der Waals surface area contributed by atoms with Crippen LogP contribution in [0.2, 0.25) is 0 Å². The molecule has 3 heteroatoms. The van der Waals surface area contributed by atoms with Gasteiger partial charge in [0.15, 0.2) is 0 Å². The Morgan fingerprint density at radius 2 is 1.79 bits per heavy atom. The minimum Gasteiger partial charge on any atom is -0.376 e. The molecule has 0 aromatic heterocycles. The average molecular weight is 321 g/mol. The van der Waals surface area contributed by atoms with Gasteiger partial charge in [-0.2, -0.15) is 0 Å². The predicted octanol–water partition coefficient (Wildman–Crippen LogP) is 3.91. The van der Waals surface area contributed by atoms with Crippen LogP contribution < -0.4 is 0 Å². The Labute approximate surface area is 143 Å². The van der Waals surface area contributed by atoms with Crippen molar-refractivity contribution in [3.63, 3.8) is 0 Å². The van der Waals surface area contributed by atoms with E-state index in [4.69, 9.17) is 4.74 Å². The SMILES string of the molecule is O=C(C=Cc1ccccc1)N(Cc1ccccc1)CC1CCCO1. The second kappa shape index (κ2) is 8.46. The van der Waals surface area contributed by atoms with Crippen LogP contribution in [0.4, 0.5) is 0 Å². The van der Waals surface area contributed by atoms with Crippen LogP contribution in [0, 0.1) is 0 Å². The summed E-state index contributed by atoms with van der Waals surface area (Å²) >= 11 is 0. The molecule has 1 amide bonds. The standard InChI is InChI=1S/C21H23NO2/c23-21(14-13-18-8-3-1-4-9-18)22(17-20-12-7-15-24-20)16-19-10-5-2-6-11-19/h1-6,8-11,13-14,20H,7,12,15-17H2. The summed E-state index contributed by atoms with van der Waals surface area (Å²) in [6, 6.07) is 20.0. The fourth-order valence-electron chi connectivity index (χ4n) is 2.91. The van der Waals surface area contributed by atoms with Gasteiger partial charge < -0.3 is 9.64 Å². The van der Waals surface area contributed by atoms with Gasteiger partial charge >= 0.3 is 0 Å². The second-order valence-corrected chi connectivity index (χ2v) is 6.08. The number of hydrogen-bond donors (Lipinski definition) is 0. The zero-order valence-electron chi connectivity index (χ0n) is 13.8. The van der Waals surface area contributed by atoms with Crippen molar-refractivity contribution in [3.8, 4) is 0 Å². The quantitative estimate of drug-likeness (QED) is 0.755. The van der Waals surface area contributed by atoms with Gasteiger partial charge in [0, 0.05) is 25.8 Å². The summed E-state index contributed by atoms with van der Waals surface area (Å²) in [7, 11) is 0. The summed E-state index contributed by atoms with van der Waals surface area (Å²) in [6.07, 6.45) is 5.80. The van der Waals surface area contributed by atoms with Crippen LogP contribution in [-0.4, -0.2) is 30.1 Å². The molecular weight excluding hydrogens is 298 g/mol. The molecule has 124 valence electrons. The normalized spacial score (nSPS) is 17.2. The van der Waals surface area contributed by atoms with E-state index in [1.807, 2.05) is 59.5 Å². The third kappa shape index (κ3) is 4.80. The fourth-order valence-corrected chi connectivity index (χ4v) is 2.91. The maximum absolute atomic E-state index is 12.7. The molecule has 0 radical (unpaired) electrons. The van der Waals surface area contributed by atoms with Gasteiger partial charge in [-0.3, -0.25) is 4.79 Å². The number of amides is 1. The highest BCUT2D eigenvalue weighted by Gasteiger charge is 2.21. The van der Waals surface area contributed by atoms with E-state index in [2.05, 4.69) is 12.1 Å². The third-order valence-corrected chi connectivity index (χ3v) is 4.19. The van der Waals surface area contributed by atoms with Crippen molar-refractivity contribution in [2.24, 2.45) is 0 Å². The highest BCUT2D eigenvalue weighted by Crippen LogP contribution is 2.16. The van der Waals surface area contributed by atoms with Crippen LogP contribution in [0.15, 0.2) is 66.7 Å². The third-order valence-electron chi connectivity index (χ3n) is 4.19. The second-order valence-electron chi connectivity index (χ2n) is 6.08. The van der Waals surface area contributed by atoms with Crippen molar-refractivity contribution in [2.45, 2.75) is 25.5 Å². The maximum Gasteiger partial charge on any atom is 0.246 e. The van der Waals surface area contributed by atoms with Crippen LogP contribution >= 0.6 is 0 Å². The van der Waals surface area contributed by atoms with E-state index in [-0.39, 0.29) is 12.0 Å². The van der Waals surface area contributed by atoms with E-state index >= 15 is 0 Å². The van der Waals surface area contributed by atoms with Crippen LogP contribution in [0.25, 0.3) is 6.08 Å². The molecule has 1 fully saturated rings. The Kier molecular flexibility index (Phi) is 5.80. The molecule has 1 aliphatic heterocycles. The van der Waals surface area contributed by atoms with Crippen molar-refractivity contribution >= 4 is 12.0 Å². The van der Waals surface area contributed by atoms with Crippen molar-refractivity contribution in [2.75, 3.05) is 13.2 Å². The topological polar surface area (TPSA) is 29.5 Å². The Bertz CT molecular complexity index is 661. The summed E-state index contributed by atoms with van der Waals surface area (Å²) in [6.45, 7) is 2.06. The summed E-state index contributed by atoms with van der Waals surface area (Å²) in [5, 5.41) is 0. The zero-order chi connectivity index (χ0) is 16.6. The molecule has 3 nitrogen and oxygen atoms in total. The fraction of sp³-hybridized carbons (Fsp3) is 0.286. The Hall–Kier alpha value is -2.39. The highest BCUT2D eigenvalue weighted by atomic mass is 16.5. The largest absolute Gasteiger partial charge is 0.376 e. The predicted molar refractivity (Wildman–Crippen MR) is 96.3 cm³/mol. The van der Waals surface area contributed by atoms with Crippen molar-refractivity contribution in [3.05, 3.63) is 77.9 Å². The van der Waals surface area contributed by atoms with E-state index < -0.39 is 0 Å². The molecule has 0 spiro atoms. The molecule has 2 aromatic rings. The Morgan fingerprint density at radius 1 is 1.08 bits per heavy atom. The lowest BCUT2D eigenvalue weighted by Crippen LogP contribution is -2.35. The monoisotopic (exact) mass is 321 g/mol. The van der Waals surface area contributed by atoms with Crippen LogP contribution in [0.1, 0.15) is 24.0 Å². The van der Waals surface area contributed by atoms with E-state index in [9.17, 15) is 4.79 Å². The molecule has 1 unspecified atom stereocenters. The number of nitrogens with zero attached hydrogens (tertiary/aromatic N) is 1.